The first-order valence-electron chi connectivity index (χ1n) is 7.07. The maximum atomic E-state index is 13.0. The molecule has 20 heavy (non-hydrogen) atoms. The first-order valence-corrected chi connectivity index (χ1v) is 7.07. The third-order valence-electron chi connectivity index (χ3n) is 3.86. The summed E-state index contributed by atoms with van der Waals surface area (Å²) in [4.78, 5) is 10.8. The van der Waals surface area contributed by atoms with Crippen molar-refractivity contribution in [3.8, 4) is 0 Å². The minimum Gasteiger partial charge on any atom is -0.291 e. The summed E-state index contributed by atoms with van der Waals surface area (Å²) >= 11 is 0. The molecule has 0 N–H and O–H groups in total. The summed E-state index contributed by atoms with van der Waals surface area (Å²) in [7, 11) is 0. The van der Waals surface area contributed by atoms with Crippen molar-refractivity contribution in [3.63, 3.8) is 0 Å². The third-order valence-corrected chi connectivity index (χ3v) is 3.86. The molecule has 104 valence electrons. The Kier molecular flexibility index (Phi) is 4.02. The summed E-state index contributed by atoms with van der Waals surface area (Å²) in [5, 5.41) is 0. The molecule has 2 heterocycles. The zero-order chi connectivity index (χ0) is 13.8. The fraction of sp³-hybridized carbons (Fsp3) is 0.375. The Morgan fingerprint density at radius 1 is 1.15 bits per heavy atom. The van der Waals surface area contributed by atoms with E-state index in [0.29, 0.717) is 6.04 Å². The second-order valence-electron chi connectivity index (χ2n) is 5.24. The van der Waals surface area contributed by atoms with Gasteiger partial charge in [-0.25, -0.2) is 14.4 Å². The molecule has 3 rings (SSSR count). The summed E-state index contributed by atoms with van der Waals surface area (Å²) in [6.07, 6.45) is 6.97. The Labute approximate surface area is 118 Å². The molecule has 1 aromatic heterocycles. The molecule has 4 heteroatoms. The van der Waals surface area contributed by atoms with Crippen LogP contribution in [0.25, 0.3) is 0 Å². The van der Waals surface area contributed by atoms with Gasteiger partial charge in [0, 0.05) is 12.7 Å². The lowest BCUT2D eigenvalue weighted by atomic mass is 9.98. The van der Waals surface area contributed by atoms with E-state index in [0.717, 1.165) is 30.8 Å². The maximum Gasteiger partial charge on any atom is 0.123 e. The monoisotopic (exact) mass is 271 g/mol. The highest BCUT2D eigenvalue weighted by Crippen LogP contribution is 2.30. The van der Waals surface area contributed by atoms with Crippen molar-refractivity contribution in [2.24, 2.45) is 0 Å². The van der Waals surface area contributed by atoms with E-state index in [9.17, 15) is 4.39 Å². The van der Waals surface area contributed by atoms with Crippen LogP contribution in [-0.4, -0.2) is 21.4 Å². The Morgan fingerprint density at radius 2 is 2.00 bits per heavy atom. The molecule has 1 unspecified atom stereocenters. The summed E-state index contributed by atoms with van der Waals surface area (Å²) in [6.45, 7) is 1.90. The Hall–Kier alpha value is -1.81. The lowest BCUT2D eigenvalue weighted by molar-refractivity contribution is 0.137. The molecule has 3 nitrogen and oxygen atoms in total. The standard InChI is InChI=1S/C16H18FN3/c17-14-6-4-13(5-7-14)11-20-10-2-1-3-16(20)15-8-9-18-12-19-15/h4-9,12,16H,1-3,10-11H2. The molecule has 0 spiro atoms. The maximum absolute atomic E-state index is 13.0. The molecule has 1 fully saturated rings. The van der Waals surface area contributed by atoms with Gasteiger partial charge in [0.2, 0.25) is 0 Å². The van der Waals surface area contributed by atoms with E-state index in [1.807, 2.05) is 18.2 Å². The molecule has 0 amide bonds. The predicted octanol–water partition coefficient (Wildman–Crippen LogP) is 3.34. The van der Waals surface area contributed by atoms with Crippen molar-refractivity contribution in [2.75, 3.05) is 6.54 Å². The minimum absolute atomic E-state index is 0.181. The van der Waals surface area contributed by atoms with Gasteiger partial charge in [-0.1, -0.05) is 18.6 Å². The summed E-state index contributed by atoms with van der Waals surface area (Å²) in [5.41, 5.74) is 2.23. The molecule has 1 aromatic carbocycles. The van der Waals surface area contributed by atoms with Crippen molar-refractivity contribution < 1.29 is 4.39 Å². The fourth-order valence-electron chi connectivity index (χ4n) is 2.84. The number of benzene rings is 1. The lowest BCUT2D eigenvalue weighted by Gasteiger charge is -2.35. The molecular formula is C16H18FN3. The van der Waals surface area contributed by atoms with Crippen LogP contribution in [0.3, 0.4) is 0 Å². The zero-order valence-electron chi connectivity index (χ0n) is 11.4. The average molecular weight is 271 g/mol. The van der Waals surface area contributed by atoms with E-state index in [1.54, 1.807) is 12.5 Å². The Balaban J connectivity index is 1.77. The molecule has 2 aromatic rings. The van der Waals surface area contributed by atoms with E-state index in [-0.39, 0.29) is 5.82 Å². The molecular weight excluding hydrogens is 253 g/mol. The van der Waals surface area contributed by atoms with Gasteiger partial charge in [-0.2, -0.15) is 0 Å². The Bertz CT molecular complexity index is 541. The SMILES string of the molecule is Fc1ccc(CN2CCCCC2c2ccncn2)cc1. The second kappa shape index (κ2) is 6.09. The smallest absolute Gasteiger partial charge is 0.123 e. The Morgan fingerprint density at radius 3 is 2.75 bits per heavy atom. The number of hydrogen-bond acceptors (Lipinski definition) is 3. The molecule has 1 aliphatic heterocycles. The third kappa shape index (κ3) is 3.02. The number of piperidine rings is 1. The van der Waals surface area contributed by atoms with Crippen molar-refractivity contribution in [3.05, 3.63) is 59.9 Å². The quantitative estimate of drug-likeness (QED) is 0.857. The van der Waals surface area contributed by atoms with Crippen molar-refractivity contribution >= 4 is 0 Å². The molecule has 0 saturated carbocycles. The van der Waals surface area contributed by atoms with Gasteiger partial charge in [-0.05, 0) is 43.1 Å². The number of aromatic nitrogens is 2. The van der Waals surface area contributed by atoms with Gasteiger partial charge in [0.1, 0.15) is 12.1 Å². The summed E-state index contributed by atoms with van der Waals surface area (Å²) < 4.78 is 13.0. The van der Waals surface area contributed by atoms with Crippen LogP contribution < -0.4 is 0 Å². The topological polar surface area (TPSA) is 29.0 Å². The largest absolute Gasteiger partial charge is 0.291 e. The van der Waals surface area contributed by atoms with Crippen LogP contribution >= 0.6 is 0 Å². The highest BCUT2D eigenvalue weighted by Gasteiger charge is 2.24. The van der Waals surface area contributed by atoms with Gasteiger partial charge in [0.05, 0.1) is 11.7 Å². The summed E-state index contributed by atoms with van der Waals surface area (Å²) in [5.74, 6) is -0.181. The molecule has 1 saturated heterocycles. The first kappa shape index (κ1) is 13.2. The zero-order valence-corrected chi connectivity index (χ0v) is 11.4. The molecule has 0 aliphatic carbocycles. The number of halogens is 1. The number of rotatable bonds is 3. The van der Waals surface area contributed by atoms with E-state index < -0.39 is 0 Å². The van der Waals surface area contributed by atoms with E-state index in [1.165, 1.54) is 25.0 Å². The first-order chi connectivity index (χ1) is 9.83. The van der Waals surface area contributed by atoms with Crippen LogP contribution in [0.5, 0.6) is 0 Å². The fourth-order valence-corrected chi connectivity index (χ4v) is 2.84. The van der Waals surface area contributed by atoms with Gasteiger partial charge < -0.3 is 0 Å². The number of hydrogen-bond donors (Lipinski definition) is 0. The summed E-state index contributed by atoms with van der Waals surface area (Å²) in [6, 6.07) is 9.12. The highest BCUT2D eigenvalue weighted by atomic mass is 19.1. The van der Waals surface area contributed by atoms with Crippen LogP contribution in [0.4, 0.5) is 4.39 Å². The lowest BCUT2D eigenvalue weighted by Crippen LogP contribution is -2.33. The van der Waals surface area contributed by atoms with Crippen LogP contribution in [0.15, 0.2) is 42.9 Å². The van der Waals surface area contributed by atoms with Gasteiger partial charge >= 0.3 is 0 Å². The van der Waals surface area contributed by atoms with Gasteiger partial charge in [-0.15, -0.1) is 0 Å². The molecule has 1 aliphatic rings. The van der Waals surface area contributed by atoms with E-state index in [4.69, 9.17) is 0 Å². The van der Waals surface area contributed by atoms with Crippen molar-refractivity contribution in [1.29, 1.82) is 0 Å². The van der Waals surface area contributed by atoms with Gasteiger partial charge in [0.25, 0.3) is 0 Å². The van der Waals surface area contributed by atoms with Crippen molar-refractivity contribution in [2.45, 2.75) is 31.8 Å². The molecule has 0 radical (unpaired) electrons. The average Bonchev–Trinajstić information content (AvgIpc) is 2.51. The van der Waals surface area contributed by atoms with Crippen LogP contribution in [0.1, 0.15) is 36.6 Å². The van der Waals surface area contributed by atoms with E-state index >= 15 is 0 Å². The molecule has 1 atom stereocenters. The van der Waals surface area contributed by atoms with Crippen LogP contribution in [0, 0.1) is 5.82 Å². The van der Waals surface area contributed by atoms with Gasteiger partial charge in [0.15, 0.2) is 0 Å². The van der Waals surface area contributed by atoms with Crippen LogP contribution in [-0.2, 0) is 6.54 Å². The van der Waals surface area contributed by atoms with Crippen molar-refractivity contribution in [1.82, 2.24) is 14.9 Å². The molecule has 0 bridgehead atoms. The number of likely N-dealkylation sites (tertiary alicyclic amines) is 1. The van der Waals surface area contributed by atoms with Crippen LogP contribution in [0.2, 0.25) is 0 Å². The van der Waals surface area contributed by atoms with E-state index in [2.05, 4.69) is 14.9 Å². The number of nitrogens with zero attached hydrogens (tertiary/aromatic N) is 3. The minimum atomic E-state index is -0.181. The second-order valence-corrected chi connectivity index (χ2v) is 5.24. The normalized spacial score (nSPS) is 19.9. The predicted molar refractivity (Wildman–Crippen MR) is 75.4 cm³/mol. The van der Waals surface area contributed by atoms with Gasteiger partial charge in [-0.3, -0.25) is 4.90 Å². The highest BCUT2D eigenvalue weighted by molar-refractivity contribution is 5.17.